The molecular weight excluding hydrogens is 769 g/mol. The van der Waals surface area contributed by atoms with Crippen LogP contribution in [0.5, 0.6) is 0 Å². The Bertz CT molecular complexity index is 1180. The lowest BCUT2D eigenvalue weighted by Gasteiger charge is -2.18. The summed E-state index contributed by atoms with van der Waals surface area (Å²) in [6.45, 7) is 6.44. The smallest absolute Gasteiger partial charge is 0.306 e. The maximum atomic E-state index is 12.8. The Balaban J connectivity index is 4.46. The van der Waals surface area contributed by atoms with Gasteiger partial charge in [-0.25, -0.2) is 0 Å². The van der Waals surface area contributed by atoms with E-state index in [1.165, 1.54) is 122 Å². The molecule has 0 aliphatic carbocycles. The van der Waals surface area contributed by atoms with Gasteiger partial charge in [0.05, 0.1) is 0 Å². The zero-order valence-corrected chi connectivity index (χ0v) is 40.6. The van der Waals surface area contributed by atoms with Gasteiger partial charge in [0.2, 0.25) is 0 Å². The highest BCUT2D eigenvalue weighted by molar-refractivity contribution is 5.71. The van der Waals surface area contributed by atoms with Crippen molar-refractivity contribution in [3.05, 3.63) is 72.9 Å². The first kappa shape index (κ1) is 58.9. The second-order valence-corrected chi connectivity index (χ2v) is 17.0. The lowest BCUT2D eigenvalue weighted by Crippen LogP contribution is -2.30. The van der Waals surface area contributed by atoms with E-state index < -0.39 is 6.10 Å². The van der Waals surface area contributed by atoms with Crippen molar-refractivity contribution in [1.29, 1.82) is 0 Å². The lowest BCUT2D eigenvalue weighted by atomic mass is 10.1. The van der Waals surface area contributed by atoms with E-state index in [1.54, 1.807) is 0 Å². The predicted octanol–water partition coefficient (Wildman–Crippen LogP) is 17.0. The quantitative estimate of drug-likeness (QED) is 0.0262. The summed E-state index contributed by atoms with van der Waals surface area (Å²) in [5, 5.41) is 0. The predicted molar refractivity (Wildman–Crippen MR) is 265 cm³/mol. The highest BCUT2D eigenvalue weighted by Gasteiger charge is 2.19. The maximum Gasteiger partial charge on any atom is 0.306 e. The second-order valence-electron chi connectivity index (χ2n) is 17.0. The molecule has 6 heteroatoms. The minimum absolute atomic E-state index is 0.101. The number of esters is 3. The molecule has 0 aromatic carbocycles. The molecule has 62 heavy (non-hydrogen) atoms. The first-order valence-electron chi connectivity index (χ1n) is 25.9. The van der Waals surface area contributed by atoms with Crippen LogP contribution in [0.1, 0.15) is 245 Å². The standard InChI is InChI=1S/C56H96O6/c1-4-7-10-13-16-19-22-25-27-29-31-34-37-40-43-46-49-55(58)61-52-53(51-60-54(57)48-45-42-39-36-33-30-24-21-18-15-12-9-6-3)62-56(59)50-47-44-41-38-35-32-28-26-23-20-17-14-11-8-5-2/h7,10,16,19-20,23,25,27,30,33,39,42,53H,4-6,8-9,11-15,17-18,21-22,24,26,28-29,31-32,34-38,40-41,43-52H2,1-3H3/b10-7-,19-16-,23-20-,27-25-,33-30-,42-39-. The zero-order chi connectivity index (χ0) is 45.1. The molecule has 1 unspecified atom stereocenters. The van der Waals surface area contributed by atoms with Crippen LogP contribution in [-0.2, 0) is 28.6 Å². The monoisotopic (exact) mass is 865 g/mol. The number of allylic oxidation sites excluding steroid dienone is 12. The lowest BCUT2D eigenvalue weighted by molar-refractivity contribution is -0.166. The SMILES string of the molecule is CC/C=C\C/C=C\C/C=C\CCCCCCCCC(=O)OCC(COC(=O)CC/C=C\C/C=C\CCCCCCCC)OC(=O)CCCCCCCCC/C=C\CCCCCC. The molecule has 0 aliphatic heterocycles. The van der Waals surface area contributed by atoms with Crippen molar-refractivity contribution >= 4 is 17.9 Å². The van der Waals surface area contributed by atoms with Crippen molar-refractivity contribution in [3.8, 4) is 0 Å². The number of carbonyl (C=O) groups is 3. The molecule has 0 saturated heterocycles. The van der Waals surface area contributed by atoms with E-state index in [0.29, 0.717) is 19.3 Å². The normalized spacial score (nSPS) is 12.6. The molecule has 0 N–H and O–H groups in total. The molecule has 0 spiro atoms. The molecule has 0 bridgehead atoms. The van der Waals surface area contributed by atoms with E-state index in [4.69, 9.17) is 14.2 Å². The van der Waals surface area contributed by atoms with E-state index >= 15 is 0 Å². The fraction of sp³-hybridized carbons (Fsp3) is 0.732. The Morgan fingerprint density at radius 3 is 1.11 bits per heavy atom. The molecule has 0 amide bonds. The van der Waals surface area contributed by atoms with E-state index in [2.05, 4.69) is 87.6 Å². The largest absolute Gasteiger partial charge is 0.462 e. The highest BCUT2D eigenvalue weighted by atomic mass is 16.6. The second kappa shape index (κ2) is 50.5. The molecule has 0 saturated carbocycles. The Labute approximate surface area is 382 Å². The van der Waals surface area contributed by atoms with Gasteiger partial charge in [-0.15, -0.1) is 0 Å². The van der Waals surface area contributed by atoms with Crippen LogP contribution in [0.25, 0.3) is 0 Å². The van der Waals surface area contributed by atoms with Crippen LogP contribution in [0.3, 0.4) is 0 Å². The zero-order valence-electron chi connectivity index (χ0n) is 40.6. The molecule has 0 rings (SSSR count). The van der Waals surface area contributed by atoms with Crippen molar-refractivity contribution in [2.75, 3.05) is 13.2 Å². The molecule has 1 atom stereocenters. The molecule has 0 radical (unpaired) electrons. The van der Waals surface area contributed by atoms with Crippen LogP contribution in [0.4, 0.5) is 0 Å². The first-order chi connectivity index (χ1) is 30.5. The van der Waals surface area contributed by atoms with Gasteiger partial charge in [0, 0.05) is 19.3 Å². The highest BCUT2D eigenvalue weighted by Crippen LogP contribution is 2.14. The third kappa shape index (κ3) is 47.9. The van der Waals surface area contributed by atoms with Gasteiger partial charge in [0.1, 0.15) is 13.2 Å². The summed E-state index contributed by atoms with van der Waals surface area (Å²) >= 11 is 0. The van der Waals surface area contributed by atoms with Gasteiger partial charge in [0.25, 0.3) is 0 Å². The number of unbranched alkanes of at least 4 members (excludes halogenated alkanes) is 23. The fourth-order valence-corrected chi connectivity index (χ4v) is 7.03. The van der Waals surface area contributed by atoms with Crippen LogP contribution in [0.2, 0.25) is 0 Å². The van der Waals surface area contributed by atoms with Crippen LogP contribution < -0.4 is 0 Å². The molecule has 0 fully saturated rings. The van der Waals surface area contributed by atoms with E-state index in [9.17, 15) is 14.4 Å². The number of carbonyl (C=O) groups excluding carboxylic acids is 3. The van der Waals surface area contributed by atoms with Crippen LogP contribution in [-0.4, -0.2) is 37.2 Å². The first-order valence-corrected chi connectivity index (χ1v) is 25.9. The number of hydrogen-bond donors (Lipinski definition) is 0. The summed E-state index contributed by atoms with van der Waals surface area (Å²) in [7, 11) is 0. The van der Waals surface area contributed by atoms with Gasteiger partial charge in [-0.3, -0.25) is 14.4 Å². The van der Waals surface area contributed by atoms with Crippen molar-refractivity contribution in [2.24, 2.45) is 0 Å². The number of rotatable bonds is 46. The summed E-state index contributed by atoms with van der Waals surface area (Å²) in [5.74, 6) is -0.986. The third-order valence-electron chi connectivity index (χ3n) is 10.9. The average Bonchev–Trinajstić information content (AvgIpc) is 3.27. The third-order valence-corrected chi connectivity index (χ3v) is 10.9. The Hall–Kier alpha value is -3.15. The van der Waals surface area contributed by atoms with E-state index in [-0.39, 0.29) is 37.5 Å². The molecule has 0 heterocycles. The van der Waals surface area contributed by atoms with Gasteiger partial charge in [-0.1, -0.05) is 203 Å². The van der Waals surface area contributed by atoms with Crippen molar-refractivity contribution < 1.29 is 28.6 Å². The van der Waals surface area contributed by atoms with Crippen LogP contribution in [0.15, 0.2) is 72.9 Å². The van der Waals surface area contributed by atoms with E-state index in [1.807, 2.05) is 6.08 Å². The molecule has 0 aliphatic rings. The van der Waals surface area contributed by atoms with Crippen LogP contribution in [0, 0.1) is 0 Å². The van der Waals surface area contributed by atoms with Crippen LogP contribution >= 0.6 is 0 Å². The molecular formula is C56H96O6. The summed E-state index contributed by atoms with van der Waals surface area (Å²) in [4.78, 5) is 37.9. The summed E-state index contributed by atoms with van der Waals surface area (Å²) in [6, 6.07) is 0. The van der Waals surface area contributed by atoms with Gasteiger partial charge >= 0.3 is 17.9 Å². The number of hydrogen-bond acceptors (Lipinski definition) is 6. The van der Waals surface area contributed by atoms with Gasteiger partial charge < -0.3 is 14.2 Å². The molecule has 356 valence electrons. The number of ether oxygens (including phenoxy) is 3. The molecule has 0 aromatic heterocycles. The Kier molecular flexibility index (Phi) is 47.9. The maximum absolute atomic E-state index is 12.8. The Morgan fingerprint density at radius 1 is 0.339 bits per heavy atom. The minimum atomic E-state index is -0.805. The summed E-state index contributed by atoms with van der Waals surface area (Å²) in [5.41, 5.74) is 0. The summed E-state index contributed by atoms with van der Waals surface area (Å²) < 4.78 is 16.7. The topological polar surface area (TPSA) is 78.9 Å². The van der Waals surface area contributed by atoms with Gasteiger partial charge in [0.15, 0.2) is 6.10 Å². The van der Waals surface area contributed by atoms with Crippen molar-refractivity contribution in [2.45, 2.75) is 252 Å². The van der Waals surface area contributed by atoms with Gasteiger partial charge in [-0.05, 0) is 96.3 Å². The molecule has 6 nitrogen and oxygen atoms in total. The van der Waals surface area contributed by atoms with Crippen molar-refractivity contribution in [3.63, 3.8) is 0 Å². The van der Waals surface area contributed by atoms with E-state index in [0.717, 1.165) is 77.0 Å². The fourth-order valence-electron chi connectivity index (χ4n) is 7.03. The molecule has 0 aromatic rings. The summed E-state index contributed by atoms with van der Waals surface area (Å²) in [6.07, 6.45) is 63.2. The Morgan fingerprint density at radius 2 is 0.661 bits per heavy atom. The van der Waals surface area contributed by atoms with Crippen molar-refractivity contribution in [1.82, 2.24) is 0 Å². The van der Waals surface area contributed by atoms with Gasteiger partial charge in [-0.2, -0.15) is 0 Å². The average molecular weight is 865 g/mol. The minimum Gasteiger partial charge on any atom is -0.462 e.